The third kappa shape index (κ3) is 2.41. The number of rotatable bonds is 2. The molecule has 0 aliphatic heterocycles. The SMILES string of the molecule is Cc1cc(NC2CCC(C)C2)ncc1N. The number of nitrogen functional groups attached to an aromatic ring is 1. The average molecular weight is 205 g/mol. The first-order valence-corrected chi connectivity index (χ1v) is 5.64. The van der Waals surface area contributed by atoms with E-state index in [9.17, 15) is 0 Å². The quantitative estimate of drug-likeness (QED) is 0.780. The van der Waals surface area contributed by atoms with Crippen LogP contribution >= 0.6 is 0 Å². The Hall–Kier alpha value is -1.25. The molecule has 3 heteroatoms. The van der Waals surface area contributed by atoms with Crippen molar-refractivity contribution in [3.8, 4) is 0 Å². The van der Waals surface area contributed by atoms with Gasteiger partial charge in [0.05, 0.1) is 11.9 Å². The number of hydrogen-bond donors (Lipinski definition) is 2. The van der Waals surface area contributed by atoms with Gasteiger partial charge in [-0.05, 0) is 43.7 Å². The van der Waals surface area contributed by atoms with Gasteiger partial charge in [-0.15, -0.1) is 0 Å². The molecule has 82 valence electrons. The summed E-state index contributed by atoms with van der Waals surface area (Å²) in [6.45, 7) is 4.32. The number of aryl methyl sites for hydroxylation is 1. The molecule has 1 aromatic rings. The van der Waals surface area contributed by atoms with Crippen LogP contribution in [0.1, 0.15) is 31.7 Å². The third-order valence-electron chi connectivity index (χ3n) is 3.20. The Labute approximate surface area is 91.1 Å². The highest BCUT2D eigenvalue weighted by Crippen LogP contribution is 2.27. The number of nitrogens with one attached hydrogen (secondary N) is 1. The Balaban J connectivity index is 2.02. The first-order valence-electron chi connectivity index (χ1n) is 5.64. The lowest BCUT2D eigenvalue weighted by atomic mass is 10.1. The van der Waals surface area contributed by atoms with Crippen LogP contribution in [0.5, 0.6) is 0 Å². The van der Waals surface area contributed by atoms with Crippen LogP contribution in [0.2, 0.25) is 0 Å². The van der Waals surface area contributed by atoms with Crippen molar-refractivity contribution in [3.05, 3.63) is 17.8 Å². The maximum atomic E-state index is 5.73. The summed E-state index contributed by atoms with van der Waals surface area (Å²) in [5.41, 5.74) is 7.59. The molecule has 2 rings (SSSR count). The predicted molar refractivity (Wildman–Crippen MR) is 63.8 cm³/mol. The number of pyridine rings is 1. The van der Waals surface area contributed by atoms with Gasteiger partial charge in [-0.2, -0.15) is 0 Å². The molecule has 1 saturated carbocycles. The molecule has 2 unspecified atom stereocenters. The molecule has 0 bridgehead atoms. The summed E-state index contributed by atoms with van der Waals surface area (Å²) in [6.07, 6.45) is 5.57. The van der Waals surface area contributed by atoms with E-state index in [1.54, 1.807) is 6.20 Å². The van der Waals surface area contributed by atoms with E-state index in [1.165, 1.54) is 19.3 Å². The zero-order chi connectivity index (χ0) is 10.8. The highest BCUT2D eigenvalue weighted by molar-refractivity contribution is 5.51. The second-order valence-corrected chi connectivity index (χ2v) is 4.69. The summed E-state index contributed by atoms with van der Waals surface area (Å²) in [4.78, 5) is 4.29. The minimum absolute atomic E-state index is 0.593. The van der Waals surface area contributed by atoms with E-state index in [0.29, 0.717) is 6.04 Å². The van der Waals surface area contributed by atoms with Gasteiger partial charge < -0.3 is 11.1 Å². The Bertz CT molecular complexity index is 349. The van der Waals surface area contributed by atoms with Crippen molar-refractivity contribution in [2.45, 2.75) is 39.2 Å². The second kappa shape index (κ2) is 4.09. The van der Waals surface area contributed by atoms with Gasteiger partial charge in [0.25, 0.3) is 0 Å². The average Bonchev–Trinajstić information content (AvgIpc) is 2.58. The lowest BCUT2D eigenvalue weighted by Gasteiger charge is -2.13. The van der Waals surface area contributed by atoms with Crippen LogP contribution in [0.3, 0.4) is 0 Å². The van der Waals surface area contributed by atoms with Crippen molar-refractivity contribution in [1.29, 1.82) is 0 Å². The van der Waals surface area contributed by atoms with Gasteiger partial charge in [-0.25, -0.2) is 4.98 Å². The van der Waals surface area contributed by atoms with E-state index in [1.807, 2.05) is 13.0 Å². The molecule has 1 heterocycles. The van der Waals surface area contributed by atoms with Gasteiger partial charge >= 0.3 is 0 Å². The molecule has 0 radical (unpaired) electrons. The molecule has 1 aliphatic rings. The fraction of sp³-hybridized carbons (Fsp3) is 0.583. The standard InChI is InChI=1S/C12H19N3/c1-8-3-4-10(5-8)15-12-6-9(2)11(13)7-14-12/h6-8,10H,3-5,13H2,1-2H3,(H,14,15). The van der Waals surface area contributed by atoms with Crippen molar-refractivity contribution in [2.75, 3.05) is 11.1 Å². The molecule has 1 fully saturated rings. The molecule has 2 atom stereocenters. The normalized spacial score (nSPS) is 25.5. The number of nitrogens with zero attached hydrogens (tertiary/aromatic N) is 1. The van der Waals surface area contributed by atoms with E-state index in [-0.39, 0.29) is 0 Å². The topological polar surface area (TPSA) is 50.9 Å². The summed E-state index contributed by atoms with van der Waals surface area (Å²) in [6, 6.07) is 2.62. The summed E-state index contributed by atoms with van der Waals surface area (Å²) in [5, 5.41) is 3.47. The molecule has 0 amide bonds. The summed E-state index contributed by atoms with van der Waals surface area (Å²) < 4.78 is 0. The molecule has 1 aliphatic carbocycles. The zero-order valence-corrected chi connectivity index (χ0v) is 9.46. The van der Waals surface area contributed by atoms with Crippen molar-refractivity contribution in [1.82, 2.24) is 4.98 Å². The Morgan fingerprint density at radius 3 is 2.87 bits per heavy atom. The molecule has 0 aromatic carbocycles. The van der Waals surface area contributed by atoms with Crippen molar-refractivity contribution >= 4 is 11.5 Å². The predicted octanol–water partition coefficient (Wildman–Crippen LogP) is 2.57. The smallest absolute Gasteiger partial charge is 0.126 e. The van der Waals surface area contributed by atoms with Gasteiger partial charge in [0.1, 0.15) is 5.82 Å². The lowest BCUT2D eigenvalue weighted by Crippen LogP contribution is -2.16. The summed E-state index contributed by atoms with van der Waals surface area (Å²) >= 11 is 0. The second-order valence-electron chi connectivity index (χ2n) is 4.69. The molecular weight excluding hydrogens is 186 g/mol. The minimum Gasteiger partial charge on any atom is -0.397 e. The van der Waals surface area contributed by atoms with E-state index < -0.39 is 0 Å². The van der Waals surface area contributed by atoms with Crippen LogP contribution in [0, 0.1) is 12.8 Å². The lowest BCUT2D eigenvalue weighted by molar-refractivity contribution is 0.602. The highest BCUT2D eigenvalue weighted by atomic mass is 15.0. The van der Waals surface area contributed by atoms with E-state index in [4.69, 9.17) is 5.73 Å². The monoisotopic (exact) mass is 205 g/mol. The maximum Gasteiger partial charge on any atom is 0.126 e. The summed E-state index contributed by atoms with van der Waals surface area (Å²) in [5.74, 6) is 1.80. The molecular formula is C12H19N3. The third-order valence-corrected chi connectivity index (χ3v) is 3.20. The largest absolute Gasteiger partial charge is 0.397 e. The van der Waals surface area contributed by atoms with Crippen LogP contribution in [0.15, 0.2) is 12.3 Å². The first-order chi connectivity index (χ1) is 7.15. The van der Waals surface area contributed by atoms with Crippen molar-refractivity contribution in [2.24, 2.45) is 5.92 Å². The van der Waals surface area contributed by atoms with Crippen LogP contribution in [0.4, 0.5) is 11.5 Å². The van der Waals surface area contributed by atoms with Crippen molar-refractivity contribution < 1.29 is 0 Å². The van der Waals surface area contributed by atoms with E-state index in [2.05, 4.69) is 17.2 Å². The molecule has 3 nitrogen and oxygen atoms in total. The fourth-order valence-corrected chi connectivity index (χ4v) is 2.19. The van der Waals surface area contributed by atoms with Crippen LogP contribution < -0.4 is 11.1 Å². The number of aromatic nitrogens is 1. The van der Waals surface area contributed by atoms with Gasteiger partial charge in [0, 0.05) is 6.04 Å². The van der Waals surface area contributed by atoms with Crippen molar-refractivity contribution in [3.63, 3.8) is 0 Å². The summed E-state index contributed by atoms with van der Waals surface area (Å²) in [7, 11) is 0. The molecule has 3 N–H and O–H groups in total. The Morgan fingerprint density at radius 2 is 2.27 bits per heavy atom. The van der Waals surface area contributed by atoms with E-state index in [0.717, 1.165) is 23.0 Å². The number of nitrogens with two attached hydrogens (primary N) is 1. The number of hydrogen-bond acceptors (Lipinski definition) is 3. The molecule has 0 saturated heterocycles. The van der Waals surface area contributed by atoms with Gasteiger partial charge in [-0.3, -0.25) is 0 Å². The van der Waals surface area contributed by atoms with Crippen LogP contribution in [0.25, 0.3) is 0 Å². The fourth-order valence-electron chi connectivity index (χ4n) is 2.19. The van der Waals surface area contributed by atoms with Gasteiger partial charge in [0.15, 0.2) is 0 Å². The first kappa shape index (κ1) is 10.3. The molecule has 1 aromatic heterocycles. The molecule has 15 heavy (non-hydrogen) atoms. The van der Waals surface area contributed by atoms with Crippen LogP contribution in [-0.4, -0.2) is 11.0 Å². The highest BCUT2D eigenvalue weighted by Gasteiger charge is 2.21. The van der Waals surface area contributed by atoms with Gasteiger partial charge in [-0.1, -0.05) is 6.92 Å². The molecule has 0 spiro atoms. The Kier molecular flexibility index (Phi) is 2.80. The van der Waals surface area contributed by atoms with Crippen LogP contribution in [-0.2, 0) is 0 Å². The maximum absolute atomic E-state index is 5.73. The minimum atomic E-state index is 0.593. The Morgan fingerprint density at radius 1 is 1.47 bits per heavy atom. The number of anilines is 2. The zero-order valence-electron chi connectivity index (χ0n) is 9.46. The van der Waals surface area contributed by atoms with Gasteiger partial charge in [0.2, 0.25) is 0 Å². The van der Waals surface area contributed by atoms with E-state index >= 15 is 0 Å².